The van der Waals surface area contributed by atoms with Crippen molar-refractivity contribution in [3.8, 4) is 0 Å². The number of hydrogen-bond donors (Lipinski definition) is 2. The van der Waals surface area contributed by atoms with Crippen molar-refractivity contribution in [1.29, 1.82) is 0 Å². The van der Waals surface area contributed by atoms with Crippen LogP contribution in [-0.4, -0.2) is 50.5 Å². The number of guanidine groups is 1. The van der Waals surface area contributed by atoms with Gasteiger partial charge in [0, 0.05) is 38.2 Å². The molecule has 1 aliphatic carbocycles. The van der Waals surface area contributed by atoms with Crippen molar-refractivity contribution < 1.29 is 4.79 Å². The Morgan fingerprint density at radius 1 is 1.07 bits per heavy atom. The number of carbonyl (C=O) groups excluding carboxylic acids is 1. The van der Waals surface area contributed by atoms with Crippen LogP contribution in [0.25, 0.3) is 0 Å². The van der Waals surface area contributed by atoms with Crippen molar-refractivity contribution >= 4 is 35.8 Å². The van der Waals surface area contributed by atoms with Crippen LogP contribution in [0.5, 0.6) is 0 Å². The van der Waals surface area contributed by atoms with E-state index in [9.17, 15) is 4.79 Å². The number of halogens is 1. The summed E-state index contributed by atoms with van der Waals surface area (Å²) in [4.78, 5) is 18.6. The topological polar surface area (TPSA) is 56.7 Å². The van der Waals surface area contributed by atoms with Gasteiger partial charge < -0.3 is 15.5 Å². The first-order valence-electron chi connectivity index (χ1n) is 10.4. The van der Waals surface area contributed by atoms with Gasteiger partial charge in [-0.05, 0) is 49.4 Å². The van der Waals surface area contributed by atoms with Crippen LogP contribution in [0.3, 0.4) is 0 Å². The molecule has 0 unspecified atom stereocenters. The maximum atomic E-state index is 12.1. The van der Waals surface area contributed by atoms with Gasteiger partial charge in [-0.2, -0.15) is 0 Å². The molecule has 3 rings (SSSR count). The number of amides is 1. The molecule has 0 bridgehead atoms. The second kappa shape index (κ2) is 11.3. The standard InChI is InChI=1S/C24H32N4O.HI/c1-4-25-23(27-18-24(14-15-24)21-11-6-5-7-12-21)26-16-13-19-9-8-10-20(17-19)22(29)28(2)3;/h5-12,17H,4,13-16,18H2,1-3H3,(H2,25,26,27);1H. The van der Waals surface area contributed by atoms with Crippen molar-refractivity contribution in [3.05, 3.63) is 71.3 Å². The Labute approximate surface area is 197 Å². The molecule has 0 atom stereocenters. The second-order valence-corrected chi connectivity index (χ2v) is 7.92. The Morgan fingerprint density at radius 2 is 1.80 bits per heavy atom. The fourth-order valence-electron chi connectivity index (χ4n) is 3.50. The summed E-state index contributed by atoms with van der Waals surface area (Å²) >= 11 is 0. The van der Waals surface area contributed by atoms with Gasteiger partial charge in [-0.3, -0.25) is 9.79 Å². The normalized spacial score (nSPS) is 14.4. The molecule has 2 N–H and O–H groups in total. The van der Waals surface area contributed by atoms with Gasteiger partial charge in [0.25, 0.3) is 5.91 Å². The molecule has 2 aromatic rings. The highest BCUT2D eigenvalue weighted by molar-refractivity contribution is 14.0. The average Bonchev–Trinajstić information content (AvgIpc) is 3.53. The van der Waals surface area contributed by atoms with Gasteiger partial charge in [-0.15, -0.1) is 24.0 Å². The van der Waals surface area contributed by atoms with E-state index in [1.165, 1.54) is 18.4 Å². The molecule has 0 saturated heterocycles. The Morgan fingerprint density at radius 3 is 2.43 bits per heavy atom. The zero-order valence-corrected chi connectivity index (χ0v) is 20.5. The fourth-order valence-corrected chi connectivity index (χ4v) is 3.50. The minimum Gasteiger partial charge on any atom is -0.357 e. The van der Waals surface area contributed by atoms with Crippen LogP contribution in [0, 0.1) is 0 Å². The second-order valence-electron chi connectivity index (χ2n) is 7.92. The predicted molar refractivity (Wildman–Crippen MR) is 135 cm³/mol. The maximum Gasteiger partial charge on any atom is 0.253 e. The Hall–Kier alpha value is -2.09. The molecule has 30 heavy (non-hydrogen) atoms. The first kappa shape index (κ1) is 24.2. The summed E-state index contributed by atoms with van der Waals surface area (Å²) in [6.07, 6.45) is 3.24. The maximum absolute atomic E-state index is 12.1. The summed E-state index contributed by atoms with van der Waals surface area (Å²) in [5.74, 6) is 0.889. The summed E-state index contributed by atoms with van der Waals surface area (Å²) < 4.78 is 0. The summed E-state index contributed by atoms with van der Waals surface area (Å²) in [7, 11) is 3.55. The fraction of sp³-hybridized carbons (Fsp3) is 0.417. The average molecular weight is 520 g/mol. The Bertz CT molecular complexity index is 847. The van der Waals surface area contributed by atoms with Gasteiger partial charge in [0.05, 0.1) is 6.54 Å². The molecule has 0 spiro atoms. The molecule has 6 heteroatoms. The zero-order valence-electron chi connectivity index (χ0n) is 18.1. The zero-order chi connectivity index (χ0) is 20.7. The van der Waals surface area contributed by atoms with Crippen molar-refractivity contribution in [2.45, 2.75) is 31.6 Å². The lowest BCUT2D eigenvalue weighted by Gasteiger charge is -2.16. The highest BCUT2D eigenvalue weighted by Gasteiger charge is 2.43. The molecule has 0 radical (unpaired) electrons. The smallest absolute Gasteiger partial charge is 0.253 e. The molecule has 2 aromatic carbocycles. The molecule has 1 amide bonds. The lowest BCUT2D eigenvalue weighted by atomic mass is 9.96. The largest absolute Gasteiger partial charge is 0.357 e. The molecule has 0 aliphatic heterocycles. The minimum absolute atomic E-state index is 0. The number of benzene rings is 2. The van der Waals surface area contributed by atoms with E-state index in [0.29, 0.717) is 0 Å². The molecular weight excluding hydrogens is 487 g/mol. The monoisotopic (exact) mass is 520 g/mol. The summed E-state index contributed by atoms with van der Waals surface area (Å²) in [5, 5.41) is 6.78. The molecular formula is C24H33IN4O. The van der Waals surface area contributed by atoms with Crippen LogP contribution in [0.2, 0.25) is 0 Å². The van der Waals surface area contributed by atoms with Crippen LogP contribution in [0.1, 0.15) is 41.3 Å². The third-order valence-corrected chi connectivity index (χ3v) is 5.41. The predicted octanol–water partition coefficient (Wildman–Crippen LogP) is 3.84. The number of aliphatic imine (C=N–C) groups is 1. The molecule has 162 valence electrons. The van der Waals surface area contributed by atoms with Crippen molar-refractivity contribution in [3.63, 3.8) is 0 Å². The molecule has 1 aliphatic rings. The van der Waals surface area contributed by atoms with Crippen LogP contribution in [0.15, 0.2) is 59.6 Å². The Kier molecular flexibility index (Phi) is 9.14. The quantitative estimate of drug-likeness (QED) is 0.316. The third-order valence-electron chi connectivity index (χ3n) is 5.41. The van der Waals surface area contributed by atoms with E-state index in [0.717, 1.165) is 43.1 Å². The molecule has 5 nitrogen and oxygen atoms in total. The molecule has 1 fully saturated rings. The van der Waals surface area contributed by atoms with Crippen LogP contribution < -0.4 is 10.6 Å². The van der Waals surface area contributed by atoms with Gasteiger partial charge >= 0.3 is 0 Å². The minimum atomic E-state index is 0. The molecule has 0 aromatic heterocycles. The van der Waals surface area contributed by atoms with E-state index in [2.05, 4.69) is 54.0 Å². The van der Waals surface area contributed by atoms with Crippen LogP contribution in [-0.2, 0) is 11.8 Å². The van der Waals surface area contributed by atoms with Gasteiger partial charge in [0.1, 0.15) is 0 Å². The van der Waals surface area contributed by atoms with Gasteiger partial charge in [0.15, 0.2) is 5.96 Å². The molecule has 1 saturated carbocycles. The third kappa shape index (κ3) is 6.45. The van der Waals surface area contributed by atoms with E-state index in [1.54, 1.807) is 19.0 Å². The SMILES string of the molecule is CCNC(=NCC1(c2ccccc2)CC1)NCCc1cccc(C(=O)N(C)C)c1.I. The lowest BCUT2D eigenvalue weighted by Crippen LogP contribution is -2.39. The van der Waals surface area contributed by atoms with Crippen molar-refractivity contribution in [2.24, 2.45) is 4.99 Å². The van der Waals surface area contributed by atoms with Crippen molar-refractivity contribution in [1.82, 2.24) is 15.5 Å². The highest BCUT2D eigenvalue weighted by atomic mass is 127. The van der Waals surface area contributed by atoms with E-state index >= 15 is 0 Å². The summed E-state index contributed by atoms with van der Waals surface area (Å²) in [5.41, 5.74) is 3.47. The van der Waals surface area contributed by atoms with Crippen LogP contribution >= 0.6 is 24.0 Å². The van der Waals surface area contributed by atoms with Crippen molar-refractivity contribution in [2.75, 3.05) is 33.7 Å². The van der Waals surface area contributed by atoms with E-state index in [1.807, 2.05) is 18.2 Å². The van der Waals surface area contributed by atoms with E-state index in [4.69, 9.17) is 4.99 Å². The number of nitrogens with zero attached hydrogens (tertiary/aromatic N) is 2. The number of nitrogens with one attached hydrogen (secondary N) is 2. The summed E-state index contributed by atoms with van der Waals surface area (Å²) in [6.45, 7) is 4.48. The van der Waals surface area contributed by atoms with Gasteiger partial charge in [-0.1, -0.05) is 42.5 Å². The van der Waals surface area contributed by atoms with Crippen LogP contribution in [0.4, 0.5) is 0 Å². The first-order chi connectivity index (χ1) is 14.0. The van der Waals surface area contributed by atoms with E-state index in [-0.39, 0.29) is 35.3 Å². The first-order valence-corrected chi connectivity index (χ1v) is 10.4. The number of rotatable bonds is 8. The number of hydrogen-bond acceptors (Lipinski definition) is 2. The molecule has 0 heterocycles. The lowest BCUT2D eigenvalue weighted by molar-refractivity contribution is 0.0827. The Balaban J connectivity index is 0.00000320. The number of carbonyl (C=O) groups is 1. The van der Waals surface area contributed by atoms with Gasteiger partial charge in [0.2, 0.25) is 0 Å². The highest BCUT2D eigenvalue weighted by Crippen LogP contribution is 2.48. The van der Waals surface area contributed by atoms with Gasteiger partial charge in [-0.25, -0.2) is 0 Å². The summed E-state index contributed by atoms with van der Waals surface area (Å²) in [6, 6.07) is 18.6. The van der Waals surface area contributed by atoms with E-state index < -0.39 is 0 Å².